The average molecular weight is 492 g/mol. The van der Waals surface area contributed by atoms with E-state index in [2.05, 4.69) is 17.4 Å². The molecule has 0 radical (unpaired) electrons. The van der Waals surface area contributed by atoms with Gasteiger partial charge in [-0.2, -0.15) is 0 Å². The zero-order chi connectivity index (χ0) is 23.5. The zero-order valence-corrected chi connectivity index (χ0v) is 20.3. The number of ether oxygens (including phenoxy) is 1. The van der Waals surface area contributed by atoms with E-state index in [-0.39, 0.29) is 12.0 Å². The second-order valence-electron chi connectivity index (χ2n) is 8.01. The SMILES string of the molecule is O=P(O)(O)CCCNCc1ccc(OCCCCCc2ccc(F)cc2)c(-c2cccs2)c1. The van der Waals surface area contributed by atoms with E-state index in [0.29, 0.717) is 26.1 Å². The molecule has 3 aromatic rings. The molecule has 0 aliphatic carbocycles. The van der Waals surface area contributed by atoms with Gasteiger partial charge in [0, 0.05) is 17.0 Å². The number of unbranched alkanes of at least 4 members (excludes halogenated alkanes) is 2. The summed E-state index contributed by atoms with van der Waals surface area (Å²) in [6.45, 7) is 1.82. The first-order valence-corrected chi connectivity index (χ1v) is 13.9. The van der Waals surface area contributed by atoms with E-state index in [0.717, 1.165) is 53.0 Å². The predicted octanol–water partition coefficient (Wildman–Crippen LogP) is 6.00. The van der Waals surface area contributed by atoms with Crippen molar-refractivity contribution in [3.63, 3.8) is 0 Å². The Morgan fingerprint density at radius 2 is 1.76 bits per heavy atom. The van der Waals surface area contributed by atoms with Crippen molar-refractivity contribution < 1.29 is 23.5 Å². The first-order valence-electron chi connectivity index (χ1n) is 11.2. The Bertz CT molecular complexity index is 1020. The lowest BCUT2D eigenvalue weighted by atomic mass is 10.1. The third-order valence-electron chi connectivity index (χ3n) is 5.24. The lowest BCUT2D eigenvalue weighted by Gasteiger charge is -2.13. The van der Waals surface area contributed by atoms with Gasteiger partial charge < -0.3 is 19.8 Å². The van der Waals surface area contributed by atoms with Gasteiger partial charge in [-0.1, -0.05) is 24.3 Å². The minimum atomic E-state index is -3.93. The van der Waals surface area contributed by atoms with Crippen molar-refractivity contribution in [1.82, 2.24) is 5.32 Å². The number of halogens is 1. The van der Waals surface area contributed by atoms with Crippen LogP contribution in [0.15, 0.2) is 60.0 Å². The molecule has 1 heterocycles. The van der Waals surface area contributed by atoms with Gasteiger partial charge in [-0.25, -0.2) is 4.39 Å². The van der Waals surface area contributed by atoms with Gasteiger partial charge in [0.05, 0.1) is 12.8 Å². The van der Waals surface area contributed by atoms with Gasteiger partial charge in [-0.3, -0.25) is 4.57 Å². The smallest absolute Gasteiger partial charge is 0.325 e. The molecular weight excluding hydrogens is 460 g/mol. The van der Waals surface area contributed by atoms with Crippen molar-refractivity contribution >= 4 is 18.9 Å². The Hall–Kier alpha value is -2.02. The van der Waals surface area contributed by atoms with Crippen molar-refractivity contribution in [3.8, 4) is 16.2 Å². The summed E-state index contributed by atoms with van der Waals surface area (Å²) in [6, 6.07) is 16.9. The van der Waals surface area contributed by atoms with Gasteiger partial charge in [-0.05, 0) is 85.5 Å². The lowest BCUT2D eigenvalue weighted by Crippen LogP contribution is -2.15. The molecule has 1 aromatic heterocycles. The highest BCUT2D eigenvalue weighted by atomic mass is 32.1. The fourth-order valence-corrected chi connectivity index (χ4v) is 4.84. The Morgan fingerprint density at radius 3 is 2.48 bits per heavy atom. The van der Waals surface area contributed by atoms with Crippen molar-refractivity contribution in [2.24, 2.45) is 0 Å². The third-order valence-corrected chi connectivity index (χ3v) is 7.05. The van der Waals surface area contributed by atoms with Gasteiger partial charge >= 0.3 is 7.60 Å². The molecular formula is C25H31FNO4PS. The number of hydrogen-bond donors (Lipinski definition) is 3. The third kappa shape index (κ3) is 9.40. The van der Waals surface area contributed by atoms with Crippen molar-refractivity contribution in [2.75, 3.05) is 19.3 Å². The average Bonchev–Trinajstić information content (AvgIpc) is 3.32. The zero-order valence-electron chi connectivity index (χ0n) is 18.6. The molecule has 2 aromatic carbocycles. The van der Waals surface area contributed by atoms with Crippen LogP contribution in [0.4, 0.5) is 4.39 Å². The van der Waals surface area contributed by atoms with E-state index in [9.17, 15) is 8.96 Å². The number of thiophene rings is 1. The van der Waals surface area contributed by atoms with Crippen LogP contribution in [0.25, 0.3) is 10.4 Å². The minimum absolute atomic E-state index is 0.100. The molecule has 0 saturated carbocycles. The second kappa shape index (κ2) is 13.0. The molecule has 0 bridgehead atoms. The number of rotatable bonds is 14. The molecule has 3 N–H and O–H groups in total. The molecule has 0 saturated heterocycles. The van der Waals surface area contributed by atoms with Crippen LogP contribution in [0.3, 0.4) is 0 Å². The van der Waals surface area contributed by atoms with Crippen LogP contribution < -0.4 is 10.1 Å². The number of benzene rings is 2. The first-order chi connectivity index (χ1) is 15.9. The van der Waals surface area contributed by atoms with Gasteiger partial charge in [0.15, 0.2) is 0 Å². The number of nitrogens with one attached hydrogen (secondary N) is 1. The summed E-state index contributed by atoms with van der Waals surface area (Å²) in [4.78, 5) is 19.0. The first kappa shape index (κ1) is 25.6. The van der Waals surface area contributed by atoms with E-state index in [1.54, 1.807) is 11.3 Å². The standard InChI is InChI=1S/C25H31FNO4PS/c26-22-11-8-20(9-12-22)6-2-1-3-15-31-24-13-10-21(18-23(24)25-7-4-17-33-25)19-27-14-5-16-32(28,29)30/h4,7-13,17-18,27H,1-3,5-6,14-16,19H2,(H2,28,29,30). The van der Waals surface area contributed by atoms with Gasteiger partial charge in [0.2, 0.25) is 0 Å². The molecule has 8 heteroatoms. The summed E-state index contributed by atoms with van der Waals surface area (Å²) in [5.41, 5.74) is 3.32. The Balaban J connectivity index is 1.46. The highest BCUT2D eigenvalue weighted by Crippen LogP contribution is 2.35. The van der Waals surface area contributed by atoms with Gasteiger partial charge in [0.25, 0.3) is 0 Å². The van der Waals surface area contributed by atoms with E-state index in [1.165, 1.54) is 12.1 Å². The van der Waals surface area contributed by atoms with Gasteiger partial charge in [-0.15, -0.1) is 11.3 Å². The fraction of sp³-hybridized carbons (Fsp3) is 0.360. The summed E-state index contributed by atoms with van der Waals surface area (Å²) in [5.74, 6) is 0.664. The second-order valence-corrected chi connectivity index (χ2v) is 10.7. The monoisotopic (exact) mass is 491 g/mol. The van der Waals surface area contributed by atoms with Crippen LogP contribution in [-0.4, -0.2) is 29.1 Å². The molecule has 0 unspecified atom stereocenters. The van der Waals surface area contributed by atoms with Crippen LogP contribution >= 0.6 is 18.9 Å². The summed E-state index contributed by atoms with van der Waals surface area (Å²) >= 11 is 1.67. The highest BCUT2D eigenvalue weighted by Gasteiger charge is 2.12. The predicted molar refractivity (Wildman–Crippen MR) is 132 cm³/mol. The Kier molecular flexibility index (Phi) is 10.1. The molecule has 3 rings (SSSR count). The maximum absolute atomic E-state index is 13.0. The van der Waals surface area contributed by atoms with Crippen molar-refractivity contribution in [1.29, 1.82) is 0 Å². The van der Waals surface area contributed by atoms with Crippen molar-refractivity contribution in [2.45, 2.75) is 38.6 Å². The molecule has 5 nitrogen and oxygen atoms in total. The largest absolute Gasteiger partial charge is 0.493 e. The van der Waals surface area contributed by atoms with Crippen molar-refractivity contribution in [3.05, 3.63) is 76.9 Å². The molecule has 0 atom stereocenters. The lowest BCUT2D eigenvalue weighted by molar-refractivity contribution is 0.306. The van der Waals surface area contributed by atoms with Crippen LogP contribution in [-0.2, 0) is 17.5 Å². The van der Waals surface area contributed by atoms with E-state index >= 15 is 0 Å². The molecule has 0 amide bonds. The minimum Gasteiger partial charge on any atom is -0.493 e. The highest BCUT2D eigenvalue weighted by molar-refractivity contribution is 7.51. The van der Waals surface area contributed by atoms with Gasteiger partial charge in [0.1, 0.15) is 11.6 Å². The quantitative estimate of drug-likeness (QED) is 0.190. The molecule has 33 heavy (non-hydrogen) atoms. The Labute approximate surface area is 198 Å². The summed E-state index contributed by atoms with van der Waals surface area (Å²) in [7, 11) is -3.93. The molecule has 0 aliphatic heterocycles. The fourth-order valence-electron chi connectivity index (χ4n) is 3.52. The molecule has 178 valence electrons. The van der Waals surface area contributed by atoms with E-state index in [4.69, 9.17) is 14.5 Å². The Morgan fingerprint density at radius 1 is 0.970 bits per heavy atom. The van der Waals surface area contributed by atoms with E-state index < -0.39 is 7.60 Å². The number of hydrogen-bond acceptors (Lipinski definition) is 4. The normalized spacial score (nSPS) is 11.6. The molecule has 0 aliphatic rings. The topological polar surface area (TPSA) is 78.8 Å². The van der Waals surface area contributed by atoms with Crippen LogP contribution in [0, 0.1) is 5.82 Å². The summed E-state index contributed by atoms with van der Waals surface area (Å²) in [5, 5.41) is 5.29. The maximum atomic E-state index is 13.0. The molecule has 0 spiro atoms. The van der Waals surface area contributed by atoms with E-state index in [1.807, 2.05) is 35.7 Å². The van der Waals surface area contributed by atoms with Crippen LogP contribution in [0.2, 0.25) is 0 Å². The van der Waals surface area contributed by atoms with Crippen LogP contribution in [0.5, 0.6) is 5.75 Å². The van der Waals surface area contributed by atoms with Crippen LogP contribution in [0.1, 0.15) is 36.8 Å². The number of aryl methyl sites for hydroxylation is 1. The maximum Gasteiger partial charge on any atom is 0.325 e. The summed E-state index contributed by atoms with van der Waals surface area (Å²) in [6.07, 6.45) is 4.31. The molecule has 0 fully saturated rings. The summed E-state index contributed by atoms with van der Waals surface area (Å²) < 4.78 is 30.0.